The first-order valence-corrected chi connectivity index (χ1v) is 6.37. The van der Waals surface area contributed by atoms with Crippen LogP contribution in [0, 0.1) is 6.92 Å². The predicted molar refractivity (Wildman–Crippen MR) is 69.7 cm³/mol. The van der Waals surface area contributed by atoms with Crippen molar-refractivity contribution in [1.29, 1.82) is 0 Å². The average molecular weight is 279 g/mol. The zero-order valence-corrected chi connectivity index (χ0v) is 11.5. The molecule has 0 aliphatic rings. The molecule has 108 valence electrons. The van der Waals surface area contributed by atoms with Crippen LogP contribution in [0.3, 0.4) is 0 Å². The van der Waals surface area contributed by atoms with E-state index in [-0.39, 0.29) is 18.5 Å². The molecule has 2 rings (SSSR count). The number of carbonyl (C=O) groups excluding carboxylic acids is 1. The molecule has 0 spiro atoms. The van der Waals surface area contributed by atoms with Crippen LogP contribution in [0.5, 0.6) is 0 Å². The van der Waals surface area contributed by atoms with Crippen molar-refractivity contribution in [3.63, 3.8) is 0 Å². The van der Waals surface area contributed by atoms with E-state index in [1.54, 1.807) is 13.1 Å². The molecule has 0 fully saturated rings. The Morgan fingerprint density at radius 1 is 1.40 bits per heavy atom. The highest BCUT2D eigenvalue weighted by atomic mass is 16.4. The first-order chi connectivity index (χ1) is 9.67. The van der Waals surface area contributed by atoms with E-state index in [0.717, 1.165) is 18.7 Å². The quantitative estimate of drug-likeness (QED) is 0.692. The highest BCUT2D eigenvalue weighted by molar-refractivity contribution is 5.88. The van der Waals surface area contributed by atoms with E-state index in [0.29, 0.717) is 12.4 Å². The minimum Gasteiger partial charge on any atom is -0.408 e. The van der Waals surface area contributed by atoms with Crippen LogP contribution in [0.2, 0.25) is 0 Å². The Balaban J connectivity index is 1.82. The third-order valence-corrected chi connectivity index (χ3v) is 2.40. The van der Waals surface area contributed by atoms with Crippen LogP contribution in [-0.4, -0.2) is 37.6 Å². The smallest absolute Gasteiger partial charge is 0.322 e. The Bertz CT molecular complexity index is 563. The lowest BCUT2D eigenvalue weighted by Gasteiger charge is -1.99. The molecule has 2 aromatic rings. The second-order valence-electron chi connectivity index (χ2n) is 4.26. The van der Waals surface area contributed by atoms with Gasteiger partial charge in [0.25, 0.3) is 0 Å². The number of anilines is 1. The Hall–Kier alpha value is -2.29. The Kier molecular flexibility index (Phi) is 4.77. The van der Waals surface area contributed by atoms with Crippen molar-refractivity contribution in [2.75, 3.05) is 11.9 Å². The van der Waals surface area contributed by atoms with Gasteiger partial charge in [-0.1, -0.05) is 17.2 Å². The molecule has 0 unspecified atom stereocenters. The van der Waals surface area contributed by atoms with Crippen molar-refractivity contribution in [2.45, 2.75) is 33.4 Å². The maximum atomic E-state index is 11.7. The van der Waals surface area contributed by atoms with Gasteiger partial charge in [0.2, 0.25) is 11.8 Å². The molecule has 0 aromatic carbocycles. The number of nitrogens with one attached hydrogen (secondary N) is 2. The van der Waals surface area contributed by atoms with Crippen molar-refractivity contribution < 1.29 is 9.21 Å². The van der Waals surface area contributed by atoms with E-state index in [4.69, 9.17) is 4.42 Å². The molecule has 0 saturated heterocycles. The average Bonchev–Trinajstić information content (AvgIpc) is 2.99. The maximum Gasteiger partial charge on any atom is 0.322 e. The number of hydrogen-bond donors (Lipinski definition) is 2. The predicted octanol–water partition coefficient (Wildman–Crippen LogP) is 0.108. The summed E-state index contributed by atoms with van der Waals surface area (Å²) < 4.78 is 6.51. The zero-order valence-electron chi connectivity index (χ0n) is 11.5. The SMILES string of the molecule is CCCNCc1cn(CC(=O)Nc2nnc(C)o2)nn1. The molecule has 0 aliphatic carbocycles. The van der Waals surface area contributed by atoms with Crippen LogP contribution in [0.1, 0.15) is 24.9 Å². The molecular weight excluding hydrogens is 262 g/mol. The normalized spacial score (nSPS) is 10.7. The summed E-state index contributed by atoms with van der Waals surface area (Å²) in [6.45, 7) is 5.34. The summed E-state index contributed by atoms with van der Waals surface area (Å²) >= 11 is 0. The van der Waals surface area contributed by atoms with Crippen molar-refractivity contribution in [3.8, 4) is 0 Å². The minimum atomic E-state index is -0.299. The molecule has 0 atom stereocenters. The van der Waals surface area contributed by atoms with E-state index in [9.17, 15) is 4.79 Å². The van der Waals surface area contributed by atoms with Crippen molar-refractivity contribution >= 4 is 11.9 Å². The molecule has 0 bridgehead atoms. The van der Waals surface area contributed by atoms with Gasteiger partial charge in [-0.05, 0) is 13.0 Å². The summed E-state index contributed by atoms with van der Waals surface area (Å²) in [7, 11) is 0. The third-order valence-electron chi connectivity index (χ3n) is 2.40. The molecule has 2 aromatic heterocycles. The van der Waals surface area contributed by atoms with Crippen molar-refractivity contribution in [1.82, 2.24) is 30.5 Å². The molecule has 0 saturated carbocycles. The molecular formula is C11H17N7O2. The standard InChI is InChI=1S/C11H17N7O2/c1-3-4-12-5-9-6-18(17-15-9)7-10(19)13-11-16-14-8(2)20-11/h6,12H,3-5,7H2,1-2H3,(H,13,16,19). The summed E-state index contributed by atoms with van der Waals surface area (Å²) in [5.41, 5.74) is 0.792. The van der Waals surface area contributed by atoms with Crippen LogP contribution in [-0.2, 0) is 17.9 Å². The number of aryl methyl sites for hydroxylation is 1. The Labute approximate surface area is 115 Å². The molecule has 9 nitrogen and oxygen atoms in total. The maximum absolute atomic E-state index is 11.7. The van der Waals surface area contributed by atoms with Gasteiger partial charge in [0.1, 0.15) is 6.54 Å². The van der Waals surface area contributed by atoms with E-state index in [1.165, 1.54) is 4.68 Å². The number of rotatable bonds is 7. The van der Waals surface area contributed by atoms with Gasteiger partial charge in [-0.2, -0.15) is 0 Å². The largest absolute Gasteiger partial charge is 0.408 e. The minimum absolute atomic E-state index is 0.0439. The lowest BCUT2D eigenvalue weighted by Crippen LogP contribution is -2.19. The summed E-state index contributed by atoms with van der Waals surface area (Å²) in [5, 5.41) is 20.8. The van der Waals surface area contributed by atoms with Gasteiger partial charge in [-0.15, -0.1) is 10.2 Å². The fourth-order valence-electron chi connectivity index (χ4n) is 1.54. The number of hydrogen-bond acceptors (Lipinski definition) is 7. The molecule has 20 heavy (non-hydrogen) atoms. The summed E-state index contributed by atoms with van der Waals surface area (Å²) in [6.07, 6.45) is 2.78. The van der Waals surface area contributed by atoms with Gasteiger partial charge in [0.05, 0.1) is 11.9 Å². The second-order valence-corrected chi connectivity index (χ2v) is 4.26. The number of amides is 1. The van der Waals surface area contributed by atoms with Gasteiger partial charge in [0.15, 0.2) is 0 Å². The lowest BCUT2D eigenvalue weighted by atomic mass is 10.4. The van der Waals surface area contributed by atoms with Crippen LogP contribution in [0.15, 0.2) is 10.6 Å². The van der Waals surface area contributed by atoms with E-state index < -0.39 is 0 Å². The number of nitrogens with zero attached hydrogens (tertiary/aromatic N) is 5. The van der Waals surface area contributed by atoms with Crippen LogP contribution in [0.25, 0.3) is 0 Å². The molecule has 1 amide bonds. The van der Waals surface area contributed by atoms with Gasteiger partial charge in [0, 0.05) is 13.5 Å². The monoisotopic (exact) mass is 279 g/mol. The third kappa shape index (κ3) is 4.12. The summed E-state index contributed by atoms with van der Waals surface area (Å²) in [4.78, 5) is 11.7. The van der Waals surface area contributed by atoms with Gasteiger partial charge >= 0.3 is 6.01 Å². The summed E-state index contributed by atoms with van der Waals surface area (Å²) in [5.74, 6) is 0.0944. The van der Waals surface area contributed by atoms with Crippen LogP contribution < -0.4 is 10.6 Å². The van der Waals surface area contributed by atoms with Crippen molar-refractivity contribution in [3.05, 3.63) is 17.8 Å². The Morgan fingerprint density at radius 3 is 2.95 bits per heavy atom. The van der Waals surface area contributed by atoms with Crippen LogP contribution in [0.4, 0.5) is 6.01 Å². The second kappa shape index (κ2) is 6.75. The van der Waals surface area contributed by atoms with Crippen molar-refractivity contribution in [2.24, 2.45) is 0 Å². The fourth-order valence-corrected chi connectivity index (χ4v) is 1.54. The fraction of sp³-hybridized carbons (Fsp3) is 0.545. The Morgan fingerprint density at radius 2 is 2.25 bits per heavy atom. The molecule has 2 heterocycles. The zero-order chi connectivity index (χ0) is 14.4. The highest BCUT2D eigenvalue weighted by Crippen LogP contribution is 2.03. The molecule has 2 N–H and O–H groups in total. The van der Waals surface area contributed by atoms with E-state index in [2.05, 4.69) is 38.1 Å². The van der Waals surface area contributed by atoms with E-state index >= 15 is 0 Å². The number of carbonyl (C=O) groups is 1. The van der Waals surface area contributed by atoms with Crippen LogP contribution >= 0.6 is 0 Å². The highest BCUT2D eigenvalue weighted by Gasteiger charge is 2.09. The van der Waals surface area contributed by atoms with Gasteiger partial charge in [-0.25, -0.2) is 4.68 Å². The van der Waals surface area contributed by atoms with Gasteiger partial charge < -0.3 is 9.73 Å². The van der Waals surface area contributed by atoms with Gasteiger partial charge in [-0.3, -0.25) is 10.1 Å². The molecule has 0 aliphatic heterocycles. The first-order valence-electron chi connectivity index (χ1n) is 6.37. The molecule has 0 radical (unpaired) electrons. The summed E-state index contributed by atoms with van der Waals surface area (Å²) in [6, 6.07) is 0.0810. The molecule has 9 heteroatoms. The topological polar surface area (TPSA) is 111 Å². The number of aromatic nitrogens is 5. The first kappa shape index (κ1) is 14.1. The van der Waals surface area contributed by atoms with E-state index in [1.807, 2.05) is 0 Å². The lowest BCUT2D eigenvalue weighted by molar-refractivity contribution is -0.117.